The Labute approximate surface area is 176 Å². The molecule has 3 aromatic rings. The Hall–Kier alpha value is -2.99. The van der Waals surface area contributed by atoms with Gasteiger partial charge >= 0.3 is 0 Å². The van der Waals surface area contributed by atoms with Crippen LogP contribution in [0.2, 0.25) is 0 Å². The SMILES string of the molecule is CN(CCCN1CCc2c(ccc3c2OCO3)C1=O)CCc1c[nH]c2ccccc12. The predicted molar refractivity (Wildman–Crippen MR) is 116 cm³/mol. The number of rotatable bonds is 7. The average Bonchev–Trinajstić information content (AvgIpc) is 3.41. The van der Waals surface area contributed by atoms with E-state index in [1.165, 1.54) is 16.5 Å². The van der Waals surface area contributed by atoms with Crippen molar-refractivity contribution in [3.8, 4) is 11.5 Å². The van der Waals surface area contributed by atoms with Gasteiger partial charge in [0.05, 0.1) is 0 Å². The van der Waals surface area contributed by atoms with Crippen LogP contribution in [-0.4, -0.2) is 60.7 Å². The van der Waals surface area contributed by atoms with E-state index in [-0.39, 0.29) is 12.7 Å². The van der Waals surface area contributed by atoms with E-state index in [2.05, 4.69) is 47.4 Å². The molecule has 1 aromatic heterocycles. The molecule has 156 valence electrons. The Kier molecular flexibility index (Phi) is 5.09. The maximum absolute atomic E-state index is 12.9. The molecule has 0 bridgehead atoms. The zero-order valence-corrected chi connectivity index (χ0v) is 17.3. The summed E-state index contributed by atoms with van der Waals surface area (Å²) >= 11 is 0. The lowest BCUT2D eigenvalue weighted by atomic mass is 9.97. The highest BCUT2D eigenvalue weighted by molar-refractivity contribution is 5.98. The number of fused-ring (bicyclic) bond motifs is 4. The summed E-state index contributed by atoms with van der Waals surface area (Å²) in [5.74, 6) is 1.63. The van der Waals surface area contributed by atoms with E-state index in [0.717, 1.165) is 68.1 Å². The van der Waals surface area contributed by atoms with Gasteiger partial charge in [-0.2, -0.15) is 0 Å². The van der Waals surface area contributed by atoms with Crippen LogP contribution in [0.3, 0.4) is 0 Å². The second-order valence-corrected chi connectivity index (χ2v) is 8.13. The minimum Gasteiger partial charge on any atom is -0.454 e. The maximum atomic E-state index is 12.9. The van der Waals surface area contributed by atoms with Crippen molar-refractivity contribution in [2.75, 3.05) is 40.0 Å². The lowest BCUT2D eigenvalue weighted by Crippen LogP contribution is -2.39. The molecule has 2 aliphatic heterocycles. The average molecular weight is 405 g/mol. The molecule has 30 heavy (non-hydrogen) atoms. The number of para-hydroxylation sites is 1. The van der Waals surface area contributed by atoms with Crippen molar-refractivity contribution in [1.29, 1.82) is 0 Å². The van der Waals surface area contributed by atoms with E-state index >= 15 is 0 Å². The van der Waals surface area contributed by atoms with Crippen molar-refractivity contribution < 1.29 is 14.3 Å². The molecule has 0 aliphatic carbocycles. The van der Waals surface area contributed by atoms with E-state index < -0.39 is 0 Å². The van der Waals surface area contributed by atoms with Gasteiger partial charge in [0.15, 0.2) is 11.5 Å². The van der Waals surface area contributed by atoms with Crippen LogP contribution in [0.25, 0.3) is 10.9 Å². The standard InChI is InChI=1S/C24H27N3O3/c1-26(13-9-17-15-25-21-6-3-2-5-18(17)21)11-4-12-27-14-10-19-20(24(27)28)7-8-22-23(19)30-16-29-22/h2-3,5-8,15,25H,4,9-14,16H2,1H3. The zero-order valence-electron chi connectivity index (χ0n) is 17.3. The molecule has 0 saturated heterocycles. The van der Waals surface area contributed by atoms with Crippen molar-refractivity contribution >= 4 is 16.8 Å². The number of carbonyl (C=O) groups is 1. The number of aromatic nitrogens is 1. The van der Waals surface area contributed by atoms with Gasteiger partial charge in [0.1, 0.15) is 0 Å². The third-order valence-electron chi connectivity index (χ3n) is 6.20. The molecule has 2 aromatic carbocycles. The summed E-state index contributed by atoms with van der Waals surface area (Å²) in [4.78, 5) is 20.6. The first-order valence-electron chi connectivity index (χ1n) is 10.6. The Morgan fingerprint density at radius 1 is 1.13 bits per heavy atom. The Morgan fingerprint density at radius 3 is 2.97 bits per heavy atom. The van der Waals surface area contributed by atoms with Gasteiger partial charge in [-0.15, -0.1) is 0 Å². The van der Waals surface area contributed by atoms with Gasteiger partial charge in [-0.05, 0) is 56.6 Å². The van der Waals surface area contributed by atoms with Crippen molar-refractivity contribution in [3.63, 3.8) is 0 Å². The molecule has 1 amide bonds. The number of benzene rings is 2. The van der Waals surface area contributed by atoms with Crippen LogP contribution < -0.4 is 9.47 Å². The van der Waals surface area contributed by atoms with Crippen LogP contribution >= 0.6 is 0 Å². The molecule has 6 nitrogen and oxygen atoms in total. The van der Waals surface area contributed by atoms with Crippen molar-refractivity contribution in [1.82, 2.24) is 14.8 Å². The Balaban J connectivity index is 1.12. The van der Waals surface area contributed by atoms with Crippen molar-refractivity contribution in [3.05, 3.63) is 59.3 Å². The van der Waals surface area contributed by atoms with Crippen LogP contribution in [0, 0.1) is 0 Å². The largest absolute Gasteiger partial charge is 0.454 e. The number of hydrogen-bond donors (Lipinski definition) is 1. The molecule has 3 heterocycles. The van der Waals surface area contributed by atoms with Crippen LogP contribution in [0.15, 0.2) is 42.6 Å². The summed E-state index contributed by atoms with van der Waals surface area (Å²) in [6.45, 7) is 3.74. The number of ether oxygens (including phenoxy) is 2. The van der Waals surface area contributed by atoms with E-state index in [1.54, 1.807) is 0 Å². The van der Waals surface area contributed by atoms with E-state index in [0.29, 0.717) is 0 Å². The molecule has 0 unspecified atom stereocenters. The monoisotopic (exact) mass is 405 g/mol. The van der Waals surface area contributed by atoms with Crippen molar-refractivity contribution in [2.24, 2.45) is 0 Å². The summed E-state index contributed by atoms with van der Waals surface area (Å²) in [7, 11) is 2.16. The van der Waals surface area contributed by atoms with Gasteiger partial charge in [0.25, 0.3) is 5.91 Å². The first kappa shape index (κ1) is 19.0. The molecule has 6 heteroatoms. The summed E-state index contributed by atoms with van der Waals surface area (Å²) < 4.78 is 11.0. The Bertz CT molecular complexity index is 1070. The lowest BCUT2D eigenvalue weighted by molar-refractivity contribution is 0.0731. The summed E-state index contributed by atoms with van der Waals surface area (Å²) in [6.07, 6.45) is 4.93. The highest BCUT2D eigenvalue weighted by Crippen LogP contribution is 2.39. The summed E-state index contributed by atoms with van der Waals surface area (Å²) in [6, 6.07) is 12.2. The fraction of sp³-hybridized carbons (Fsp3) is 0.375. The van der Waals surface area contributed by atoms with Gasteiger partial charge in [0.2, 0.25) is 6.79 Å². The molecule has 0 atom stereocenters. The van der Waals surface area contributed by atoms with Crippen molar-refractivity contribution in [2.45, 2.75) is 19.3 Å². The molecule has 0 radical (unpaired) electrons. The molecular weight excluding hydrogens is 378 g/mol. The number of carbonyl (C=O) groups excluding carboxylic acids is 1. The second-order valence-electron chi connectivity index (χ2n) is 8.13. The normalized spacial score (nSPS) is 15.3. The molecule has 5 rings (SSSR count). The number of nitrogens with one attached hydrogen (secondary N) is 1. The quantitative estimate of drug-likeness (QED) is 0.654. The van der Waals surface area contributed by atoms with E-state index in [9.17, 15) is 4.79 Å². The third kappa shape index (κ3) is 3.52. The van der Waals surface area contributed by atoms with Crippen LogP contribution in [0.5, 0.6) is 11.5 Å². The number of H-pyrrole nitrogens is 1. The highest BCUT2D eigenvalue weighted by Gasteiger charge is 2.30. The first-order chi connectivity index (χ1) is 14.7. The van der Waals surface area contributed by atoms with Gasteiger partial charge in [-0.3, -0.25) is 4.79 Å². The van der Waals surface area contributed by atoms with Crippen LogP contribution in [0.4, 0.5) is 0 Å². The Morgan fingerprint density at radius 2 is 2.03 bits per heavy atom. The number of amides is 1. The lowest BCUT2D eigenvalue weighted by Gasteiger charge is -2.29. The fourth-order valence-electron chi connectivity index (χ4n) is 4.50. The van der Waals surface area contributed by atoms with Gasteiger partial charge < -0.3 is 24.3 Å². The number of nitrogens with zero attached hydrogens (tertiary/aromatic N) is 2. The molecule has 0 fully saturated rings. The third-order valence-corrected chi connectivity index (χ3v) is 6.20. The molecule has 2 aliphatic rings. The molecule has 0 spiro atoms. The zero-order chi connectivity index (χ0) is 20.5. The topological polar surface area (TPSA) is 57.8 Å². The van der Waals surface area contributed by atoms with Gasteiger partial charge in [0, 0.05) is 47.9 Å². The second kappa shape index (κ2) is 8.03. The van der Waals surface area contributed by atoms with Crippen LogP contribution in [0.1, 0.15) is 27.9 Å². The smallest absolute Gasteiger partial charge is 0.254 e. The highest BCUT2D eigenvalue weighted by atomic mass is 16.7. The van der Waals surface area contributed by atoms with Gasteiger partial charge in [-0.25, -0.2) is 0 Å². The number of hydrogen-bond acceptors (Lipinski definition) is 4. The number of aromatic amines is 1. The number of likely N-dealkylation sites (N-methyl/N-ethyl adjacent to an activating group) is 1. The molecule has 1 N–H and O–H groups in total. The van der Waals surface area contributed by atoms with E-state index in [1.807, 2.05) is 17.0 Å². The maximum Gasteiger partial charge on any atom is 0.254 e. The summed E-state index contributed by atoms with van der Waals surface area (Å²) in [5, 5.41) is 1.31. The summed E-state index contributed by atoms with van der Waals surface area (Å²) in [5.41, 5.74) is 4.32. The first-order valence-corrected chi connectivity index (χ1v) is 10.6. The predicted octanol–water partition coefficient (Wildman–Crippen LogP) is 3.46. The molecular formula is C24H27N3O3. The fourth-order valence-corrected chi connectivity index (χ4v) is 4.50. The minimum absolute atomic E-state index is 0.107. The van der Waals surface area contributed by atoms with Crippen LogP contribution in [-0.2, 0) is 12.8 Å². The minimum atomic E-state index is 0.107. The van der Waals surface area contributed by atoms with E-state index in [4.69, 9.17) is 9.47 Å². The molecule has 0 saturated carbocycles. The van der Waals surface area contributed by atoms with Gasteiger partial charge in [-0.1, -0.05) is 18.2 Å².